The summed E-state index contributed by atoms with van der Waals surface area (Å²) in [6, 6.07) is 10.2. The molecule has 7 heteroatoms. The SMILES string of the molecule is COc1nc(OC)c2c(COCc3ccccc3)[nH]nc2n1. The molecule has 22 heavy (non-hydrogen) atoms. The van der Waals surface area contributed by atoms with Crippen LogP contribution in [0.15, 0.2) is 30.3 Å². The second-order valence-corrected chi connectivity index (χ2v) is 4.60. The molecule has 0 aliphatic rings. The molecule has 0 bridgehead atoms. The van der Waals surface area contributed by atoms with Gasteiger partial charge in [-0.15, -0.1) is 0 Å². The summed E-state index contributed by atoms with van der Waals surface area (Å²) < 4.78 is 16.0. The van der Waals surface area contributed by atoms with Crippen molar-refractivity contribution in [2.45, 2.75) is 13.2 Å². The van der Waals surface area contributed by atoms with Crippen LogP contribution < -0.4 is 9.47 Å². The van der Waals surface area contributed by atoms with Crippen LogP contribution in [0.1, 0.15) is 11.3 Å². The molecular weight excluding hydrogens is 284 g/mol. The molecule has 0 fully saturated rings. The van der Waals surface area contributed by atoms with Crippen molar-refractivity contribution in [3.8, 4) is 11.9 Å². The number of aromatic nitrogens is 4. The van der Waals surface area contributed by atoms with Crippen LogP contribution in [0.3, 0.4) is 0 Å². The van der Waals surface area contributed by atoms with Crippen molar-refractivity contribution >= 4 is 11.0 Å². The number of nitrogens with zero attached hydrogens (tertiary/aromatic N) is 3. The van der Waals surface area contributed by atoms with Crippen LogP contribution in [-0.4, -0.2) is 34.4 Å². The van der Waals surface area contributed by atoms with Gasteiger partial charge in [-0.2, -0.15) is 15.1 Å². The maximum absolute atomic E-state index is 5.71. The normalized spacial score (nSPS) is 10.8. The summed E-state index contributed by atoms with van der Waals surface area (Å²) in [5, 5.41) is 7.76. The van der Waals surface area contributed by atoms with E-state index in [0.29, 0.717) is 30.1 Å². The van der Waals surface area contributed by atoms with Crippen molar-refractivity contribution < 1.29 is 14.2 Å². The Balaban J connectivity index is 1.79. The third-order valence-corrected chi connectivity index (χ3v) is 3.17. The molecule has 114 valence electrons. The van der Waals surface area contributed by atoms with Gasteiger partial charge in [0.1, 0.15) is 5.39 Å². The van der Waals surface area contributed by atoms with E-state index in [-0.39, 0.29) is 6.01 Å². The summed E-state index contributed by atoms with van der Waals surface area (Å²) in [5.41, 5.74) is 2.36. The Morgan fingerprint density at radius 1 is 1.00 bits per heavy atom. The van der Waals surface area contributed by atoms with E-state index in [2.05, 4.69) is 20.2 Å². The first-order valence-corrected chi connectivity index (χ1v) is 6.76. The van der Waals surface area contributed by atoms with Crippen molar-refractivity contribution in [1.82, 2.24) is 20.2 Å². The quantitative estimate of drug-likeness (QED) is 0.750. The van der Waals surface area contributed by atoms with Crippen molar-refractivity contribution in [2.24, 2.45) is 0 Å². The van der Waals surface area contributed by atoms with Gasteiger partial charge in [-0.3, -0.25) is 5.10 Å². The van der Waals surface area contributed by atoms with E-state index in [1.807, 2.05) is 30.3 Å². The topological polar surface area (TPSA) is 82.1 Å². The molecule has 1 N–H and O–H groups in total. The lowest BCUT2D eigenvalue weighted by Gasteiger charge is -2.06. The highest BCUT2D eigenvalue weighted by atomic mass is 16.5. The fraction of sp³-hybridized carbons (Fsp3) is 0.267. The zero-order chi connectivity index (χ0) is 15.4. The van der Waals surface area contributed by atoms with Crippen LogP contribution in [0, 0.1) is 0 Å². The van der Waals surface area contributed by atoms with E-state index in [4.69, 9.17) is 14.2 Å². The molecule has 0 saturated carbocycles. The minimum Gasteiger partial charge on any atom is -0.480 e. The molecular formula is C15H16N4O3. The highest BCUT2D eigenvalue weighted by Gasteiger charge is 2.16. The molecule has 2 aromatic heterocycles. The molecule has 0 radical (unpaired) electrons. The number of hydrogen-bond donors (Lipinski definition) is 1. The summed E-state index contributed by atoms with van der Waals surface area (Å²) in [6.07, 6.45) is 0. The third kappa shape index (κ3) is 2.84. The predicted molar refractivity (Wildman–Crippen MR) is 79.7 cm³/mol. The van der Waals surface area contributed by atoms with Crippen molar-refractivity contribution in [3.63, 3.8) is 0 Å². The van der Waals surface area contributed by atoms with Gasteiger partial charge in [0.2, 0.25) is 5.88 Å². The van der Waals surface area contributed by atoms with Crippen LogP contribution in [0.4, 0.5) is 0 Å². The highest BCUT2D eigenvalue weighted by molar-refractivity contribution is 5.83. The first-order chi connectivity index (χ1) is 10.8. The standard InChI is InChI=1S/C15H16N4O3/c1-20-14-12-11(9-22-8-10-6-4-3-5-7-10)18-19-13(12)16-15(17-14)21-2/h3-7H,8-9H2,1-2H3,(H,16,17,18,19). The Bertz CT molecular complexity index is 758. The van der Waals surface area contributed by atoms with E-state index < -0.39 is 0 Å². The number of fused-ring (bicyclic) bond motifs is 1. The molecule has 0 aliphatic carbocycles. The van der Waals surface area contributed by atoms with Gasteiger partial charge in [-0.05, 0) is 5.56 Å². The van der Waals surface area contributed by atoms with Crippen LogP contribution in [-0.2, 0) is 18.0 Å². The molecule has 1 aromatic carbocycles. The lowest BCUT2D eigenvalue weighted by Crippen LogP contribution is -1.99. The second-order valence-electron chi connectivity index (χ2n) is 4.60. The maximum atomic E-state index is 5.71. The monoisotopic (exact) mass is 300 g/mol. The number of H-pyrrole nitrogens is 1. The van der Waals surface area contributed by atoms with Crippen molar-refractivity contribution in [3.05, 3.63) is 41.6 Å². The third-order valence-electron chi connectivity index (χ3n) is 3.17. The van der Waals surface area contributed by atoms with E-state index in [9.17, 15) is 0 Å². The van der Waals surface area contributed by atoms with Gasteiger partial charge >= 0.3 is 6.01 Å². The Morgan fingerprint density at radius 3 is 2.55 bits per heavy atom. The van der Waals surface area contributed by atoms with Crippen LogP contribution in [0.25, 0.3) is 11.0 Å². The maximum Gasteiger partial charge on any atom is 0.321 e. The number of ether oxygens (including phenoxy) is 3. The number of aromatic amines is 1. The summed E-state index contributed by atoms with van der Waals surface area (Å²) >= 11 is 0. The Morgan fingerprint density at radius 2 is 1.82 bits per heavy atom. The number of rotatable bonds is 6. The van der Waals surface area contributed by atoms with Crippen molar-refractivity contribution in [2.75, 3.05) is 14.2 Å². The molecule has 2 heterocycles. The fourth-order valence-electron chi connectivity index (χ4n) is 2.12. The summed E-state index contributed by atoms with van der Waals surface area (Å²) in [7, 11) is 3.04. The molecule has 3 aromatic rings. The molecule has 0 spiro atoms. The van der Waals surface area contributed by atoms with Gasteiger partial charge in [0.25, 0.3) is 0 Å². The van der Waals surface area contributed by atoms with Gasteiger partial charge < -0.3 is 14.2 Å². The highest BCUT2D eigenvalue weighted by Crippen LogP contribution is 2.26. The van der Waals surface area contributed by atoms with Crippen LogP contribution in [0.2, 0.25) is 0 Å². The Labute approximate surface area is 127 Å². The molecule has 0 aliphatic heterocycles. The van der Waals surface area contributed by atoms with Gasteiger partial charge in [0.15, 0.2) is 5.65 Å². The first kappa shape index (κ1) is 14.3. The summed E-state index contributed by atoms with van der Waals surface area (Å²) in [5.74, 6) is 0.411. The van der Waals surface area contributed by atoms with Gasteiger partial charge in [0, 0.05) is 0 Å². The number of hydrogen-bond acceptors (Lipinski definition) is 6. The zero-order valence-corrected chi connectivity index (χ0v) is 12.4. The number of benzene rings is 1. The molecule has 0 unspecified atom stereocenters. The average Bonchev–Trinajstić information content (AvgIpc) is 2.98. The van der Waals surface area contributed by atoms with Crippen LogP contribution >= 0.6 is 0 Å². The van der Waals surface area contributed by atoms with Gasteiger partial charge in [-0.1, -0.05) is 30.3 Å². The average molecular weight is 300 g/mol. The molecule has 0 saturated heterocycles. The minimum absolute atomic E-state index is 0.215. The number of methoxy groups -OCH3 is 2. The largest absolute Gasteiger partial charge is 0.480 e. The molecule has 0 atom stereocenters. The van der Waals surface area contributed by atoms with Crippen LogP contribution in [0.5, 0.6) is 11.9 Å². The smallest absolute Gasteiger partial charge is 0.321 e. The van der Waals surface area contributed by atoms with E-state index >= 15 is 0 Å². The van der Waals surface area contributed by atoms with E-state index in [0.717, 1.165) is 11.3 Å². The van der Waals surface area contributed by atoms with Crippen molar-refractivity contribution in [1.29, 1.82) is 0 Å². The Kier molecular flexibility index (Phi) is 4.15. The predicted octanol–water partition coefficient (Wildman–Crippen LogP) is 2.09. The molecule has 7 nitrogen and oxygen atoms in total. The fourth-order valence-corrected chi connectivity index (χ4v) is 2.12. The van der Waals surface area contributed by atoms with Gasteiger partial charge in [-0.25, -0.2) is 0 Å². The van der Waals surface area contributed by atoms with E-state index in [1.54, 1.807) is 7.11 Å². The lowest BCUT2D eigenvalue weighted by atomic mass is 10.2. The molecule has 0 amide bonds. The Hall–Kier alpha value is -2.67. The lowest BCUT2D eigenvalue weighted by molar-refractivity contribution is 0.105. The minimum atomic E-state index is 0.215. The summed E-state index contributed by atoms with van der Waals surface area (Å²) in [4.78, 5) is 8.34. The molecule has 3 rings (SSSR count). The number of nitrogens with one attached hydrogen (secondary N) is 1. The van der Waals surface area contributed by atoms with Gasteiger partial charge in [0.05, 0.1) is 33.1 Å². The summed E-state index contributed by atoms with van der Waals surface area (Å²) in [6.45, 7) is 0.873. The zero-order valence-electron chi connectivity index (χ0n) is 12.4. The first-order valence-electron chi connectivity index (χ1n) is 6.76. The van der Waals surface area contributed by atoms with E-state index in [1.165, 1.54) is 7.11 Å². The second kappa shape index (κ2) is 6.40.